The smallest absolute Gasteiger partial charge is 0.243 e. The fraction of sp³-hybridized carbons (Fsp3) is 0.526. The number of piperidine rings is 1. The number of rotatable bonds is 5. The molecule has 5 nitrogen and oxygen atoms in total. The molecule has 3 rings (SSSR count). The number of hydrogen-bond donors (Lipinski definition) is 1. The summed E-state index contributed by atoms with van der Waals surface area (Å²) in [5.74, 6) is 0.872. The molecule has 1 aliphatic heterocycles. The lowest BCUT2D eigenvalue weighted by Gasteiger charge is -2.29. The summed E-state index contributed by atoms with van der Waals surface area (Å²) < 4.78 is 26.9. The molecule has 0 radical (unpaired) electrons. The van der Waals surface area contributed by atoms with Crippen LogP contribution in [0.15, 0.2) is 41.3 Å². The average molecular weight is 362 g/mol. The SMILES string of the molecule is CC1CCN(S(=O)(=O)c2ccc(NC(=O)CC3C=CCC3)cc2)CC1. The molecule has 1 aliphatic carbocycles. The van der Waals surface area contributed by atoms with Crippen molar-refractivity contribution in [2.75, 3.05) is 18.4 Å². The largest absolute Gasteiger partial charge is 0.326 e. The second-order valence-corrected chi connectivity index (χ2v) is 9.07. The Bertz CT molecular complexity index is 732. The van der Waals surface area contributed by atoms with Gasteiger partial charge in [0.25, 0.3) is 0 Å². The number of hydrogen-bond acceptors (Lipinski definition) is 3. The molecular weight excluding hydrogens is 336 g/mol. The zero-order valence-corrected chi connectivity index (χ0v) is 15.5. The first kappa shape index (κ1) is 18.1. The van der Waals surface area contributed by atoms with E-state index < -0.39 is 10.0 Å². The molecule has 1 fully saturated rings. The normalized spacial score (nSPS) is 22.2. The average Bonchev–Trinajstić information content (AvgIpc) is 3.08. The Morgan fingerprint density at radius 1 is 1.16 bits per heavy atom. The van der Waals surface area contributed by atoms with E-state index >= 15 is 0 Å². The Morgan fingerprint density at radius 3 is 2.44 bits per heavy atom. The highest BCUT2D eigenvalue weighted by Gasteiger charge is 2.27. The summed E-state index contributed by atoms with van der Waals surface area (Å²) >= 11 is 0. The summed E-state index contributed by atoms with van der Waals surface area (Å²) in [7, 11) is -3.44. The van der Waals surface area contributed by atoms with Crippen molar-refractivity contribution < 1.29 is 13.2 Å². The summed E-state index contributed by atoms with van der Waals surface area (Å²) in [4.78, 5) is 12.3. The van der Waals surface area contributed by atoms with E-state index in [9.17, 15) is 13.2 Å². The Morgan fingerprint density at radius 2 is 1.84 bits per heavy atom. The third-order valence-corrected chi connectivity index (χ3v) is 6.99. The van der Waals surface area contributed by atoms with Gasteiger partial charge in [0.05, 0.1) is 4.90 Å². The third-order valence-electron chi connectivity index (χ3n) is 5.08. The van der Waals surface area contributed by atoms with Gasteiger partial charge in [0.15, 0.2) is 0 Å². The monoisotopic (exact) mass is 362 g/mol. The van der Waals surface area contributed by atoms with Crippen LogP contribution in [-0.4, -0.2) is 31.7 Å². The maximum absolute atomic E-state index is 12.7. The number of carbonyl (C=O) groups excluding carboxylic acids is 1. The van der Waals surface area contributed by atoms with Crippen LogP contribution < -0.4 is 5.32 Å². The Kier molecular flexibility index (Phi) is 5.59. The maximum Gasteiger partial charge on any atom is 0.243 e. The highest BCUT2D eigenvalue weighted by atomic mass is 32.2. The van der Waals surface area contributed by atoms with Crippen LogP contribution in [0.5, 0.6) is 0 Å². The molecule has 1 heterocycles. The molecule has 136 valence electrons. The van der Waals surface area contributed by atoms with Crippen molar-refractivity contribution in [3.05, 3.63) is 36.4 Å². The number of nitrogens with zero attached hydrogens (tertiary/aromatic N) is 1. The Labute approximate surface area is 150 Å². The van der Waals surface area contributed by atoms with Gasteiger partial charge in [0, 0.05) is 25.2 Å². The minimum absolute atomic E-state index is 0.0304. The zero-order chi connectivity index (χ0) is 17.9. The van der Waals surface area contributed by atoms with Gasteiger partial charge < -0.3 is 5.32 Å². The van der Waals surface area contributed by atoms with Crippen LogP contribution in [0.25, 0.3) is 0 Å². The topological polar surface area (TPSA) is 66.5 Å². The van der Waals surface area contributed by atoms with Gasteiger partial charge in [-0.25, -0.2) is 8.42 Å². The molecule has 1 saturated heterocycles. The van der Waals surface area contributed by atoms with E-state index in [1.165, 1.54) is 0 Å². The molecule has 1 aromatic rings. The number of nitrogens with one attached hydrogen (secondary N) is 1. The van der Waals surface area contributed by atoms with E-state index in [0.717, 1.165) is 25.7 Å². The van der Waals surface area contributed by atoms with E-state index in [4.69, 9.17) is 0 Å². The van der Waals surface area contributed by atoms with E-state index in [1.807, 2.05) is 0 Å². The second-order valence-electron chi connectivity index (χ2n) is 7.13. The predicted octanol–water partition coefficient (Wildman–Crippen LogP) is 3.40. The second kappa shape index (κ2) is 7.70. The molecule has 1 amide bonds. The summed E-state index contributed by atoms with van der Waals surface area (Å²) in [5.41, 5.74) is 0.637. The Balaban J connectivity index is 1.61. The minimum Gasteiger partial charge on any atom is -0.326 e. The lowest BCUT2D eigenvalue weighted by atomic mass is 10.0. The molecular formula is C19H26N2O3S. The molecule has 1 N–H and O–H groups in total. The van der Waals surface area contributed by atoms with Crippen molar-refractivity contribution in [3.63, 3.8) is 0 Å². The minimum atomic E-state index is -3.44. The highest BCUT2D eigenvalue weighted by Crippen LogP contribution is 2.25. The maximum atomic E-state index is 12.7. The first-order chi connectivity index (χ1) is 11.9. The summed E-state index contributed by atoms with van der Waals surface area (Å²) in [6, 6.07) is 6.50. The van der Waals surface area contributed by atoms with Crippen molar-refractivity contribution >= 4 is 21.6 Å². The number of benzene rings is 1. The molecule has 0 saturated carbocycles. The van der Waals surface area contributed by atoms with E-state index in [2.05, 4.69) is 24.4 Å². The van der Waals surface area contributed by atoms with Crippen LogP contribution in [0.2, 0.25) is 0 Å². The van der Waals surface area contributed by atoms with Crippen molar-refractivity contribution in [1.82, 2.24) is 4.31 Å². The van der Waals surface area contributed by atoms with Crippen molar-refractivity contribution in [1.29, 1.82) is 0 Å². The van der Waals surface area contributed by atoms with Crippen LogP contribution in [0, 0.1) is 11.8 Å². The first-order valence-corrected chi connectivity index (χ1v) is 10.5. The fourth-order valence-corrected chi connectivity index (χ4v) is 4.87. The number of amides is 1. The van der Waals surface area contributed by atoms with Crippen LogP contribution >= 0.6 is 0 Å². The lowest BCUT2D eigenvalue weighted by Crippen LogP contribution is -2.37. The van der Waals surface area contributed by atoms with Gasteiger partial charge in [-0.1, -0.05) is 19.1 Å². The quantitative estimate of drug-likeness (QED) is 0.817. The van der Waals surface area contributed by atoms with E-state index in [1.54, 1.807) is 28.6 Å². The van der Waals surface area contributed by atoms with Gasteiger partial charge in [-0.05, 0) is 61.8 Å². The van der Waals surface area contributed by atoms with Gasteiger partial charge in [0.2, 0.25) is 15.9 Å². The van der Waals surface area contributed by atoms with Gasteiger partial charge in [0.1, 0.15) is 0 Å². The predicted molar refractivity (Wildman–Crippen MR) is 98.7 cm³/mol. The van der Waals surface area contributed by atoms with Gasteiger partial charge >= 0.3 is 0 Å². The van der Waals surface area contributed by atoms with Crippen molar-refractivity contribution in [2.45, 2.75) is 43.9 Å². The summed E-state index contributed by atoms with van der Waals surface area (Å²) in [6.07, 6.45) is 8.56. The summed E-state index contributed by atoms with van der Waals surface area (Å²) in [5, 5.41) is 2.85. The lowest BCUT2D eigenvalue weighted by molar-refractivity contribution is -0.116. The highest BCUT2D eigenvalue weighted by molar-refractivity contribution is 7.89. The van der Waals surface area contributed by atoms with Gasteiger partial charge in [-0.3, -0.25) is 4.79 Å². The van der Waals surface area contributed by atoms with Crippen LogP contribution in [-0.2, 0) is 14.8 Å². The van der Waals surface area contributed by atoms with Gasteiger partial charge in [-0.2, -0.15) is 4.31 Å². The zero-order valence-electron chi connectivity index (χ0n) is 14.6. The number of anilines is 1. The number of carbonyl (C=O) groups is 1. The third kappa shape index (κ3) is 4.50. The van der Waals surface area contributed by atoms with Crippen LogP contribution in [0.1, 0.15) is 39.0 Å². The van der Waals surface area contributed by atoms with Crippen LogP contribution in [0.4, 0.5) is 5.69 Å². The first-order valence-electron chi connectivity index (χ1n) is 9.02. The molecule has 0 bridgehead atoms. The Hall–Kier alpha value is -1.66. The summed E-state index contributed by atoms with van der Waals surface area (Å²) in [6.45, 7) is 3.32. The molecule has 0 spiro atoms. The van der Waals surface area contributed by atoms with Gasteiger partial charge in [-0.15, -0.1) is 0 Å². The molecule has 1 aromatic carbocycles. The molecule has 6 heteroatoms. The van der Waals surface area contributed by atoms with Crippen molar-refractivity contribution in [2.24, 2.45) is 11.8 Å². The molecule has 2 aliphatic rings. The fourth-order valence-electron chi connectivity index (χ4n) is 3.40. The van der Waals surface area contributed by atoms with Crippen molar-refractivity contribution in [3.8, 4) is 0 Å². The molecule has 0 aromatic heterocycles. The van der Waals surface area contributed by atoms with E-state index in [0.29, 0.717) is 41.9 Å². The molecule has 25 heavy (non-hydrogen) atoms. The molecule has 1 atom stereocenters. The van der Waals surface area contributed by atoms with E-state index in [-0.39, 0.29) is 5.91 Å². The number of allylic oxidation sites excluding steroid dienone is 2. The number of sulfonamides is 1. The van der Waals surface area contributed by atoms with Crippen LogP contribution in [0.3, 0.4) is 0 Å². The molecule has 1 unspecified atom stereocenters. The standard InChI is InChI=1S/C19H26N2O3S/c1-15-10-12-21(13-11-15)25(23,24)18-8-6-17(7-9-18)20-19(22)14-16-4-2-3-5-16/h2,4,6-9,15-16H,3,5,10-14H2,1H3,(H,20,22).